The SMILES string of the molecule is [2H]C([2H])(C=CC#CC(C)(C)C)N(C)Cc1cccc2ccccc12. The molecule has 0 bridgehead atoms. The summed E-state index contributed by atoms with van der Waals surface area (Å²) in [6, 6.07) is 14.3. The third kappa shape index (κ3) is 5.06. The van der Waals surface area contributed by atoms with E-state index in [1.165, 1.54) is 16.8 Å². The third-order valence-electron chi connectivity index (χ3n) is 3.20. The van der Waals surface area contributed by atoms with E-state index in [-0.39, 0.29) is 5.41 Å². The number of benzene rings is 2. The molecule has 0 heterocycles. The number of fused-ring (bicyclic) bond motifs is 1. The molecule has 0 N–H and O–H groups in total. The predicted molar refractivity (Wildman–Crippen MR) is 96.7 cm³/mol. The van der Waals surface area contributed by atoms with Crippen LogP contribution >= 0.6 is 0 Å². The minimum atomic E-state index is -1.55. The number of rotatable bonds is 4. The molecular formula is C21H25N. The van der Waals surface area contributed by atoms with E-state index in [2.05, 4.69) is 36.1 Å². The number of likely N-dealkylation sites (N-methyl/N-ethyl adjacent to an activating group) is 1. The molecule has 0 amide bonds. The van der Waals surface area contributed by atoms with Crippen LogP contribution < -0.4 is 0 Å². The Hall–Kier alpha value is -2.04. The molecule has 0 atom stereocenters. The normalized spacial score (nSPS) is 13.9. The fraction of sp³-hybridized carbons (Fsp3) is 0.333. The quantitative estimate of drug-likeness (QED) is 0.726. The average molecular weight is 293 g/mol. The zero-order valence-electron chi connectivity index (χ0n) is 15.9. The lowest BCUT2D eigenvalue weighted by atomic mass is 9.98. The zero-order valence-corrected chi connectivity index (χ0v) is 13.9. The second-order valence-corrected chi connectivity index (χ2v) is 6.48. The lowest BCUT2D eigenvalue weighted by Crippen LogP contribution is -2.17. The number of hydrogen-bond donors (Lipinski definition) is 0. The van der Waals surface area contributed by atoms with Gasteiger partial charge < -0.3 is 0 Å². The van der Waals surface area contributed by atoms with Crippen LogP contribution in [0.2, 0.25) is 0 Å². The van der Waals surface area contributed by atoms with E-state index in [9.17, 15) is 0 Å². The van der Waals surface area contributed by atoms with E-state index < -0.39 is 6.50 Å². The Morgan fingerprint density at radius 1 is 1.14 bits per heavy atom. The molecule has 1 heteroatoms. The molecule has 2 aromatic rings. The molecule has 114 valence electrons. The molecule has 0 fully saturated rings. The van der Waals surface area contributed by atoms with Gasteiger partial charge in [0.05, 0.1) is 0 Å². The summed E-state index contributed by atoms with van der Waals surface area (Å²) in [5.41, 5.74) is 1.04. The highest BCUT2D eigenvalue weighted by atomic mass is 15.1. The van der Waals surface area contributed by atoms with Crippen molar-refractivity contribution < 1.29 is 2.74 Å². The van der Waals surface area contributed by atoms with Crippen LogP contribution in [0.3, 0.4) is 0 Å². The van der Waals surface area contributed by atoms with Gasteiger partial charge in [0.1, 0.15) is 0 Å². The van der Waals surface area contributed by atoms with E-state index in [1.54, 1.807) is 18.0 Å². The van der Waals surface area contributed by atoms with Gasteiger partial charge in [-0.2, -0.15) is 0 Å². The van der Waals surface area contributed by atoms with Gasteiger partial charge in [-0.25, -0.2) is 0 Å². The van der Waals surface area contributed by atoms with Gasteiger partial charge in [0.2, 0.25) is 0 Å². The summed E-state index contributed by atoms with van der Waals surface area (Å²) in [5, 5.41) is 2.34. The molecular weight excluding hydrogens is 266 g/mol. The lowest BCUT2D eigenvalue weighted by Gasteiger charge is -2.15. The van der Waals surface area contributed by atoms with E-state index in [1.807, 2.05) is 39.0 Å². The van der Waals surface area contributed by atoms with Crippen molar-refractivity contribution in [2.45, 2.75) is 27.3 Å². The Kier molecular flexibility index (Phi) is 4.51. The first kappa shape index (κ1) is 13.6. The Balaban J connectivity index is 2.16. The van der Waals surface area contributed by atoms with Gasteiger partial charge in [0.25, 0.3) is 0 Å². The summed E-state index contributed by atoms with van der Waals surface area (Å²) in [7, 11) is 1.79. The van der Waals surface area contributed by atoms with Crippen molar-refractivity contribution in [1.29, 1.82) is 0 Å². The Labute approximate surface area is 137 Å². The molecule has 22 heavy (non-hydrogen) atoms. The molecule has 0 aliphatic heterocycles. The molecule has 0 unspecified atom stereocenters. The molecule has 0 aromatic heterocycles. The van der Waals surface area contributed by atoms with E-state index in [0.29, 0.717) is 6.54 Å². The summed E-state index contributed by atoms with van der Waals surface area (Å²) >= 11 is 0. The maximum absolute atomic E-state index is 8.26. The topological polar surface area (TPSA) is 3.24 Å². The molecule has 1 nitrogen and oxygen atoms in total. The Morgan fingerprint density at radius 3 is 2.64 bits per heavy atom. The maximum Gasteiger partial charge on any atom is 0.0475 e. The van der Waals surface area contributed by atoms with E-state index >= 15 is 0 Å². The smallest absolute Gasteiger partial charge is 0.0475 e. The molecule has 0 saturated carbocycles. The number of allylic oxidation sites excluding steroid dienone is 1. The maximum atomic E-state index is 8.26. The van der Waals surface area contributed by atoms with Gasteiger partial charge in [0, 0.05) is 21.2 Å². The van der Waals surface area contributed by atoms with Crippen molar-refractivity contribution in [3.8, 4) is 11.8 Å². The van der Waals surface area contributed by atoms with E-state index in [4.69, 9.17) is 2.74 Å². The van der Waals surface area contributed by atoms with Gasteiger partial charge in [0.15, 0.2) is 0 Å². The van der Waals surface area contributed by atoms with Crippen molar-refractivity contribution in [2.75, 3.05) is 13.5 Å². The third-order valence-corrected chi connectivity index (χ3v) is 3.20. The molecule has 0 aliphatic rings. The van der Waals surface area contributed by atoms with Crippen LogP contribution in [-0.2, 0) is 6.54 Å². The Bertz CT molecular complexity index is 783. The van der Waals surface area contributed by atoms with Crippen molar-refractivity contribution in [3.05, 3.63) is 60.2 Å². The fourth-order valence-electron chi connectivity index (χ4n) is 2.20. The minimum absolute atomic E-state index is 0.0775. The van der Waals surface area contributed by atoms with Gasteiger partial charge in [-0.1, -0.05) is 60.4 Å². The minimum Gasteiger partial charge on any atom is -0.298 e. The second kappa shape index (κ2) is 7.29. The highest BCUT2D eigenvalue weighted by Crippen LogP contribution is 2.19. The monoisotopic (exact) mass is 293 g/mol. The lowest BCUT2D eigenvalue weighted by molar-refractivity contribution is 0.365. The molecule has 0 radical (unpaired) electrons. The predicted octanol–water partition coefficient (Wildman–Crippen LogP) is 4.88. The molecule has 0 aliphatic carbocycles. The zero-order chi connectivity index (χ0) is 17.8. The average Bonchev–Trinajstić information content (AvgIpc) is 2.51. The molecule has 2 rings (SSSR count). The van der Waals surface area contributed by atoms with Crippen molar-refractivity contribution in [3.63, 3.8) is 0 Å². The largest absolute Gasteiger partial charge is 0.298 e. The molecule has 2 aromatic carbocycles. The van der Waals surface area contributed by atoms with Crippen LogP contribution in [0.1, 0.15) is 29.1 Å². The number of hydrogen-bond acceptors (Lipinski definition) is 1. The summed E-state index contributed by atoms with van der Waals surface area (Å²) in [5.74, 6) is 6.02. The van der Waals surface area contributed by atoms with Crippen LogP contribution in [0, 0.1) is 17.3 Å². The Morgan fingerprint density at radius 2 is 1.86 bits per heavy atom. The van der Waals surface area contributed by atoms with Gasteiger partial charge in [-0.05, 0) is 50.2 Å². The highest BCUT2D eigenvalue weighted by Gasteiger charge is 2.03. The van der Waals surface area contributed by atoms with Gasteiger partial charge >= 0.3 is 0 Å². The van der Waals surface area contributed by atoms with Crippen molar-refractivity contribution in [1.82, 2.24) is 4.90 Å². The van der Waals surface area contributed by atoms with Crippen LogP contribution in [-0.4, -0.2) is 18.4 Å². The fourth-order valence-corrected chi connectivity index (χ4v) is 2.20. The van der Waals surface area contributed by atoms with Crippen LogP contribution in [0.15, 0.2) is 54.6 Å². The second-order valence-electron chi connectivity index (χ2n) is 6.48. The van der Waals surface area contributed by atoms with Crippen LogP contribution in [0.25, 0.3) is 10.8 Å². The first-order chi connectivity index (χ1) is 11.2. The van der Waals surface area contributed by atoms with Crippen LogP contribution in [0.4, 0.5) is 0 Å². The molecule has 0 saturated heterocycles. The number of nitrogens with zero attached hydrogens (tertiary/aromatic N) is 1. The van der Waals surface area contributed by atoms with Crippen molar-refractivity contribution >= 4 is 10.8 Å². The van der Waals surface area contributed by atoms with Gasteiger partial charge in [-0.15, -0.1) is 0 Å². The van der Waals surface area contributed by atoms with E-state index in [0.717, 1.165) is 5.56 Å². The first-order valence-corrected chi connectivity index (χ1v) is 7.57. The standard InChI is InChI=1S/C21H25N/c1-21(2,3)15-8-5-9-16-22(4)17-19-13-10-12-18-11-6-7-14-20(18)19/h5-7,9-14H,16-17H2,1-4H3/i16D2. The highest BCUT2D eigenvalue weighted by molar-refractivity contribution is 5.85. The summed E-state index contributed by atoms with van der Waals surface area (Å²) < 4.78 is 16.5. The van der Waals surface area contributed by atoms with Gasteiger partial charge in [-0.3, -0.25) is 4.90 Å². The summed E-state index contributed by atoms with van der Waals surface area (Å²) in [6.07, 6.45) is 3.14. The van der Waals surface area contributed by atoms with Crippen LogP contribution in [0.5, 0.6) is 0 Å². The summed E-state index contributed by atoms with van der Waals surface area (Å²) in [4.78, 5) is 1.70. The molecule has 0 spiro atoms. The summed E-state index contributed by atoms with van der Waals surface area (Å²) in [6.45, 7) is 5.09. The first-order valence-electron chi connectivity index (χ1n) is 8.57. The van der Waals surface area contributed by atoms with Crippen molar-refractivity contribution in [2.24, 2.45) is 5.41 Å².